The molecule has 0 bridgehead atoms. The summed E-state index contributed by atoms with van der Waals surface area (Å²) in [5.41, 5.74) is 4.39. The molecule has 2 aromatic heterocycles. The number of benzene rings is 1. The molecule has 0 saturated heterocycles. The van der Waals surface area contributed by atoms with Gasteiger partial charge in [-0.2, -0.15) is 5.10 Å². The first kappa shape index (κ1) is 17.3. The summed E-state index contributed by atoms with van der Waals surface area (Å²) in [6, 6.07) is 9.50. The lowest BCUT2D eigenvalue weighted by atomic mass is 9.96. The van der Waals surface area contributed by atoms with Gasteiger partial charge in [-0.05, 0) is 37.8 Å². The number of H-pyrrole nitrogens is 1. The Morgan fingerprint density at radius 2 is 2.19 bits per heavy atom. The second-order valence-corrected chi connectivity index (χ2v) is 6.66. The predicted molar refractivity (Wildman–Crippen MR) is 99.8 cm³/mol. The van der Waals surface area contributed by atoms with Crippen molar-refractivity contribution in [3.63, 3.8) is 0 Å². The summed E-state index contributed by atoms with van der Waals surface area (Å²) < 4.78 is 10.6. The maximum atomic E-state index is 12.4. The highest BCUT2D eigenvalue weighted by Gasteiger charge is 2.21. The minimum atomic E-state index is -0.133. The summed E-state index contributed by atoms with van der Waals surface area (Å²) >= 11 is 0. The highest BCUT2D eigenvalue weighted by molar-refractivity contribution is 5.94. The van der Waals surface area contributed by atoms with Gasteiger partial charge < -0.3 is 14.6 Å². The second-order valence-electron chi connectivity index (χ2n) is 6.66. The third kappa shape index (κ3) is 3.72. The van der Waals surface area contributed by atoms with Crippen LogP contribution in [-0.4, -0.2) is 34.9 Å². The number of aromatic nitrogens is 3. The van der Waals surface area contributed by atoms with Crippen LogP contribution in [0.3, 0.4) is 0 Å². The van der Waals surface area contributed by atoms with E-state index in [4.69, 9.17) is 9.26 Å². The van der Waals surface area contributed by atoms with Gasteiger partial charge in [0.05, 0.1) is 12.8 Å². The van der Waals surface area contributed by atoms with Gasteiger partial charge in [0.2, 0.25) is 0 Å². The van der Waals surface area contributed by atoms with E-state index < -0.39 is 0 Å². The molecule has 27 heavy (non-hydrogen) atoms. The Balaban J connectivity index is 1.35. The summed E-state index contributed by atoms with van der Waals surface area (Å²) in [5, 5.41) is 14.2. The van der Waals surface area contributed by atoms with Crippen LogP contribution in [0.25, 0.3) is 11.3 Å². The fourth-order valence-corrected chi connectivity index (χ4v) is 3.40. The Labute approximate surface area is 157 Å². The molecular formula is C20H22N4O3. The molecule has 140 valence electrons. The first-order chi connectivity index (χ1) is 13.2. The molecule has 0 saturated carbocycles. The molecular weight excluding hydrogens is 344 g/mol. The molecule has 0 fully saturated rings. The Kier molecular flexibility index (Phi) is 4.91. The number of aromatic amines is 1. The Hall–Kier alpha value is -3.09. The molecule has 0 unspecified atom stereocenters. The number of carbonyl (C=O) groups excluding carboxylic acids is 1. The first-order valence-electron chi connectivity index (χ1n) is 9.19. The van der Waals surface area contributed by atoms with Crippen molar-refractivity contribution in [2.75, 3.05) is 13.7 Å². The lowest BCUT2D eigenvalue weighted by Crippen LogP contribution is -2.27. The summed E-state index contributed by atoms with van der Waals surface area (Å²) in [7, 11) is 1.63. The molecule has 0 atom stereocenters. The maximum absolute atomic E-state index is 12.4. The van der Waals surface area contributed by atoms with Crippen LogP contribution >= 0.6 is 0 Å². The number of hydrogen-bond donors (Lipinski definition) is 2. The molecule has 2 N–H and O–H groups in total. The monoisotopic (exact) mass is 366 g/mol. The van der Waals surface area contributed by atoms with E-state index in [1.165, 1.54) is 0 Å². The van der Waals surface area contributed by atoms with E-state index in [2.05, 4.69) is 20.7 Å². The smallest absolute Gasteiger partial charge is 0.272 e. The molecule has 0 radical (unpaired) electrons. The number of fused-ring (bicyclic) bond motifs is 1. The van der Waals surface area contributed by atoms with E-state index in [0.717, 1.165) is 53.9 Å². The van der Waals surface area contributed by atoms with E-state index in [9.17, 15) is 4.79 Å². The summed E-state index contributed by atoms with van der Waals surface area (Å²) in [4.78, 5) is 12.4. The number of amides is 1. The lowest BCUT2D eigenvalue weighted by molar-refractivity contribution is 0.0948. The number of nitrogens with one attached hydrogen (secondary N) is 2. The zero-order valence-corrected chi connectivity index (χ0v) is 15.2. The van der Waals surface area contributed by atoms with Crippen LogP contribution in [0.5, 0.6) is 5.75 Å². The maximum Gasteiger partial charge on any atom is 0.272 e. The van der Waals surface area contributed by atoms with Crippen molar-refractivity contribution >= 4 is 5.91 Å². The van der Waals surface area contributed by atoms with Crippen LogP contribution in [0.15, 0.2) is 34.9 Å². The molecule has 1 amide bonds. The molecule has 3 aromatic rings. The van der Waals surface area contributed by atoms with Crippen molar-refractivity contribution in [1.82, 2.24) is 20.7 Å². The number of methoxy groups -OCH3 is 1. The number of aryl methyl sites for hydroxylation is 1. The minimum absolute atomic E-state index is 0.133. The molecule has 0 spiro atoms. The standard InChI is InChI=1S/C20H22N4O3/c1-26-15-6-4-5-13(11-15)18-12-14(24-27-18)9-10-21-20(25)19-16-7-2-3-8-17(16)22-23-19/h4-6,11-12H,2-3,7-10H2,1H3,(H,21,25)(H,22,23). The van der Waals surface area contributed by atoms with Crippen molar-refractivity contribution in [3.05, 3.63) is 53.0 Å². The van der Waals surface area contributed by atoms with E-state index in [1.54, 1.807) is 7.11 Å². The van der Waals surface area contributed by atoms with Gasteiger partial charge in [0.15, 0.2) is 11.5 Å². The van der Waals surface area contributed by atoms with Gasteiger partial charge >= 0.3 is 0 Å². The third-order valence-electron chi connectivity index (χ3n) is 4.85. The van der Waals surface area contributed by atoms with Crippen LogP contribution in [-0.2, 0) is 19.3 Å². The SMILES string of the molecule is COc1cccc(-c2cc(CCNC(=O)c3n[nH]c4c3CCCC4)no2)c1. The topological polar surface area (TPSA) is 93.0 Å². The van der Waals surface area contributed by atoms with E-state index in [-0.39, 0.29) is 5.91 Å². The van der Waals surface area contributed by atoms with Crippen molar-refractivity contribution in [2.45, 2.75) is 32.1 Å². The molecule has 7 heteroatoms. The van der Waals surface area contributed by atoms with E-state index >= 15 is 0 Å². The largest absolute Gasteiger partial charge is 0.497 e. The number of carbonyl (C=O) groups is 1. The molecule has 1 aliphatic carbocycles. The summed E-state index contributed by atoms with van der Waals surface area (Å²) in [6.07, 6.45) is 4.74. The molecule has 1 aliphatic rings. The number of nitrogens with zero attached hydrogens (tertiary/aromatic N) is 2. The van der Waals surface area contributed by atoms with Crippen molar-refractivity contribution in [3.8, 4) is 17.1 Å². The average molecular weight is 366 g/mol. The van der Waals surface area contributed by atoms with Gasteiger partial charge in [0, 0.05) is 35.9 Å². The molecule has 2 heterocycles. The normalized spacial score (nSPS) is 13.2. The Morgan fingerprint density at radius 3 is 3.07 bits per heavy atom. The Bertz CT molecular complexity index is 944. The highest BCUT2D eigenvalue weighted by Crippen LogP contribution is 2.25. The summed E-state index contributed by atoms with van der Waals surface area (Å²) in [5.74, 6) is 1.31. The van der Waals surface area contributed by atoms with Crippen LogP contribution in [0.1, 0.15) is 40.3 Å². The van der Waals surface area contributed by atoms with Crippen LogP contribution in [0.2, 0.25) is 0 Å². The molecule has 7 nitrogen and oxygen atoms in total. The predicted octanol–water partition coefficient (Wildman–Crippen LogP) is 2.92. The second kappa shape index (κ2) is 7.65. The van der Waals surface area contributed by atoms with E-state index in [1.807, 2.05) is 30.3 Å². The average Bonchev–Trinajstić information content (AvgIpc) is 3.35. The van der Waals surface area contributed by atoms with Crippen molar-refractivity contribution in [2.24, 2.45) is 0 Å². The molecule has 4 rings (SSSR count). The first-order valence-corrected chi connectivity index (χ1v) is 9.19. The van der Waals surface area contributed by atoms with Gasteiger partial charge in [0.1, 0.15) is 5.75 Å². The van der Waals surface area contributed by atoms with Gasteiger partial charge in [-0.25, -0.2) is 0 Å². The molecule has 0 aliphatic heterocycles. The summed E-state index contributed by atoms with van der Waals surface area (Å²) in [6.45, 7) is 0.477. The van der Waals surface area contributed by atoms with Crippen LogP contribution in [0.4, 0.5) is 0 Å². The van der Waals surface area contributed by atoms with E-state index in [0.29, 0.717) is 24.4 Å². The Morgan fingerprint density at radius 1 is 1.30 bits per heavy atom. The quantitative estimate of drug-likeness (QED) is 0.700. The van der Waals surface area contributed by atoms with Gasteiger partial charge in [0.25, 0.3) is 5.91 Å². The zero-order chi connectivity index (χ0) is 18.6. The van der Waals surface area contributed by atoms with Crippen LogP contribution < -0.4 is 10.1 Å². The number of ether oxygens (including phenoxy) is 1. The lowest BCUT2D eigenvalue weighted by Gasteiger charge is -2.10. The fraction of sp³-hybridized carbons (Fsp3) is 0.350. The minimum Gasteiger partial charge on any atom is -0.497 e. The fourth-order valence-electron chi connectivity index (χ4n) is 3.40. The van der Waals surface area contributed by atoms with Crippen LogP contribution in [0, 0.1) is 0 Å². The van der Waals surface area contributed by atoms with Crippen molar-refractivity contribution in [1.29, 1.82) is 0 Å². The highest BCUT2D eigenvalue weighted by atomic mass is 16.5. The number of hydrogen-bond acceptors (Lipinski definition) is 5. The molecule has 1 aromatic carbocycles. The zero-order valence-electron chi connectivity index (χ0n) is 15.2. The third-order valence-corrected chi connectivity index (χ3v) is 4.85. The van der Waals surface area contributed by atoms with Crippen molar-refractivity contribution < 1.29 is 14.1 Å². The van der Waals surface area contributed by atoms with Gasteiger partial charge in [-0.1, -0.05) is 17.3 Å². The van der Waals surface area contributed by atoms with Gasteiger partial charge in [-0.15, -0.1) is 0 Å². The van der Waals surface area contributed by atoms with Gasteiger partial charge in [-0.3, -0.25) is 9.89 Å². The number of rotatable bonds is 6.